The molecule has 0 aliphatic rings. The second kappa shape index (κ2) is 8.01. The molecule has 0 unspecified atom stereocenters. The maximum atomic E-state index is 13.2. The lowest BCUT2D eigenvalue weighted by atomic mass is 10.1. The average molecular weight is 449 g/mol. The molecule has 9 heteroatoms. The predicted molar refractivity (Wildman–Crippen MR) is 121 cm³/mol. The van der Waals surface area contributed by atoms with Gasteiger partial charge in [0.15, 0.2) is 0 Å². The molecule has 0 aliphatic heterocycles. The number of urea groups is 1. The normalized spacial score (nSPS) is 11.7. The maximum Gasteiger partial charge on any atom is 0.418 e. The first-order chi connectivity index (χ1) is 15.9. The van der Waals surface area contributed by atoms with Crippen LogP contribution in [0.25, 0.3) is 21.9 Å². The van der Waals surface area contributed by atoms with E-state index in [0.29, 0.717) is 12.2 Å². The number of benzene rings is 2. The standard InChI is InChI=1S/C24H18F3N5O/c25-24(26,27)18-6-1-2-7-20(18)31-23(33)30-19-8-3-9-21-17(19)10-12-32(21)14-15-13-29-22-16(15)5-4-11-28-22/h1-13H,14H2,(H,28,29)(H2,30,31,33). The fraction of sp³-hybridized carbons (Fsp3) is 0.0833. The van der Waals surface area contributed by atoms with Gasteiger partial charge in [-0.15, -0.1) is 0 Å². The molecule has 0 radical (unpaired) electrons. The molecular formula is C24H18F3N5O. The van der Waals surface area contributed by atoms with Gasteiger partial charge in [0, 0.05) is 35.9 Å². The fourth-order valence-corrected chi connectivity index (χ4v) is 3.91. The summed E-state index contributed by atoms with van der Waals surface area (Å²) in [5, 5.41) is 6.77. The summed E-state index contributed by atoms with van der Waals surface area (Å²) in [5.41, 5.74) is 2.03. The van der Waals surface area contributed by atoms with Crippen LogP contribution in [0.1, 0.15) is 11.1 Å². The minimum absolute atomic E-state index is 0.305. The summed E-state index contributed by atoms with van der Waals surface area (Å²) < 4.78 is 41.7. The van der Waals surface area contributed by atoms with E-state index in [4.69, 9.17) is 0 Å². The minimum Gasteiger partial charge on any atom is -0.346 e. The van der Waals surface area contributed by atoms with Gasteiger partial charge in [0.05, 0.1) is 22.5 Å². The van der Waals surface area contributed by atoms with Crippen LogP contribution in [0.4, 0.5) is 29.3 Å². The van der Waals surface area contributed by atoms with Crippen molar-refractivity contribution in [3.05, 3.63) is 90.4 Å². The highest BCUT2D eigenvalue weighted by Gasteiger charge is 2.33. The van der Waals surface area contributed by atoms with Crippen LogP contribution < -0.4 is 10.6 Å². The number of para-hydroxylation sites is 1. The van der Waals surface area contributed by atoms with Crippen molar-refractivity contribution >= 4 is 39.3 Å². The van der Waals surface area contributed by atoms with E-state index in [-0.39, 0.29) is 5.69 Å². The van der Waals surface area contributed by atoms with Gasteiger partial charge in [-0.05, 0) is 48.0 Å². The molecule has 0 spiro atoms. The quantitative estimate of drug-likeness (QED) is 0.304. The summed E-state index contributed by atoms with van der Waals surface area (Å²) in [6, 6.07) is 15.3. The van der Waals surface area contributed by atoms with Crippen LogP contribution in [0, 0.1) is 0 Å². The zero-order valence-corrected chi connectivity index (χ0v) is 17.1. The van der Waals surface area contributed by atoms with Gasteiger partial charge in [-0.25, -0.2) is 9.78 Å². The molecule has 0 fully saturated rings. The number of aromatic amines is 1. The smallest absolute Gasteiger partial charge is 0.346 e. The van der Waals surface area contributed by atoms with Gasteiger partial charge >= 0.3 is 12.2 Å². The molecule has 0 saturated heterocycles. The van der Waals surface area contributed by atoms with Gasteiger partial charge in [0.2, 0.25) is 0 Å². The van der Waals surface area contributed by atoms with E-state index in [1.165, 1.54) is 18.2 Å². The summed E-state index contributed by atoms with van der Waals surface area (Å²) in [6.45, 7) is 0.587. The summed E-state index contributed by atoms with van der Waals surface area (Å²) >= 11 is 0. The van der Waals surface area contributed by atoms with Crippen LogP contribution >= 0.6 is 0 Å². The predicted octanol–water partition coefficient (Wildman–Crippen LogP) is 6.23. The Balaban J connectivity index is 1.39. The van der Waals surface area contributed by atoms with Crippen molar-refractivity contribution in [2.45, 2.75) is 12.7 Å². The minimum atomic E-state index is -4.57. The highest BCUT2D eigenvalue weighted by atomic mass is 19.4. The Morgan fingerprint density at radius 3 is 2.58 bits per heavy atom. The molecule has 3 N–H and O–H groups in total. The molecule has 6 nitrogen and oxygen atoms in total. The SMILES string of the molecule is O=C(Nc1ccccc1C(F)(F)F)Nc1cccc2c1ccn2Cc1c[nH]c2ncccc12. The third-order valence-corrected chi connectivity index (χ3v) is 5.42. The summed E-state index contributed by atoms with van der Waals surface area (Å²) in [5.74, 6) is 0. The number of alkyl halides is 3. The van der Waals surface area contributed by atoms with Gasteiger partial charge in [0.1, 0.15) is 5.65 Å². The monoisotopic (exact) mass is 449 g/mol. The first-order valence-electron chi connectivity index (χ1n) is 10.1. The molecule has 0 bridgehead atoms. The number of hydrogen-bond donors (Lipinski definition) is 3. The largest absolute Gasteiger partial charge is 0.418 e. The first kappa shape index (κ1) is 20.6. The fourth-order valence-electron chi connectivity index (χ4n) is 3.91. The van der Waals surface area contributed by atoms with E-state index in [0.717, 1.165) is 33.6 Å². The highest BCUT2D eigenvalue weighted by molar-refractivity contribution is 6.06. The maximum absolute atomic E-state index is 13.2. The Morgan fingerprint density at radius 1 is 0.939 bits per heavy atom. The van der Waals surface area contributed by atoms with Gasteiger partial charge < -0.3 is 20.2 Å². The number of aromatic nitrogens is 3. The van der Waals surface area contributed by atoms with Gasteiger partial charge in [-0.1, -0.05) is 18.2 Å². The molecule has 166 valence electrons. The van der Waals surface area contributed by atoms with Crippen LogP contribution in [0.3, 0.4) is 0 Å². The van der Waals surface area contributed by atoms with Crippen molar-refractivity contribution in [2.75, 3.05) is 10.6 Å². The number of halogens is 3. The number of fused-ring (bicyclic) bond motifs is 2. The lowest BCUT2D eigenvalue weighted by Crippen LogP contribution is -2.21. The lowest BCUT2D eigenvalue weighted by Gasteiger charge is -2.14. The molecule has 0 aliphatic carbocycles. The number of H-pyrrole nitrogens is 1. The van der Waals surface area contributed by atoms with Crippen LogP contribution in [0.15, 0.2) is 79.3 Å². The van der Waals surface area contributed by atoms with E-state index in [9.17, 15) is 18.0 Å². The first-order valence-corrected chi connectivity index (χ1v) is 10.1. The molecule has 5 rings (SSSR count). The molecule has 3 aromatic heterocycles. The van der Waals surface area contributed by atoms with E-state index < -0.39 is 17.8 Å². The summed E-state index contributed by atoms with van der Waals surface area (Å²) in [7, 11) is 0. The number of hydrogen-bond acceptors (Lipinski definition) is 2. The summed E-state index contributed by atoms with van der Waals surface area (Å²) in [6.07, 6.45) is 0.974. The molecule has 0 atom stereocenters. The van der Waals surface area contributed by atoms with Gasteiger partial charge in [-0.3, -0.25) is 0 Å². The van der Waals surface area contributed by atoms with E-state index in [1.54, 1.807) is 18.3 Å². The summed E-state index contributed by atoms with van der Waals surface area (Å²) in [4.78, 5) is 20.0. The van der Waals surface area contributed by atoms with Gasteiger partial charge in [-0.2, -0.15) is 13.2 Å². The van der Waals surface area contributed by atoms with Crippen molar-refractivity contribution < 1.29 is 18.0 Å². The molecule has 5 aromatic rings. The second-order valence-corrected chi connectivity index (χ2v) is 7.52. The highest BCUT2D eigenvalue weighted by Crippen LogP contribution is 2.34. The number of carbonyl (C=O) groups is 1. The van der Waals surface area contributed by atoms with Crippen LogP contribution in [0.5, 0.6) is 0 Å². The lowest BCUT2D eigenvalue weighted by molar-refractivity contribution is -0.136. The number of anilines is 2. The molecule has 0 saturated carbocycles. The van der Waals surface area contributed by atoms with Crippen LogP contribution in [-0.2, 0) is 12.7 Å². The van der Waals surface area contributed by atoms with Crippen LogP contribution in [0.2, 0.25) is 0 Å². The Bertz CT molecular complexity index is 1470. The Kier molecular flexibility index (Phi) is 5.01. The third kappa shape index (κ3) is 4.00. The van der Waals surface area contributed by atoms with Crippen molar-refractivity contribution in [1.82, 2.24) is 14.5 Å². The molecular weight excluding hydrogens is 431 g/mol. The van der Waals surface area contributed by atoms with Crippen molar-refractivity contribution in [3.63, 3.8) is 0 Å². The van der Waals surface area contributed by atoms with Crippen molar-refractivity contribution in [1.29, 1.82) is 0 Å². The van der Waals surface area contributed by atoms with E-state index in [1.807, 2.05) is 41.2 Å². The van der Waals surface area contributed by atoms with E-state index >= 15 is 0 Å². The number of nitrogens with zero attached hydrogens (tertiary/aromatic N) is 2. The molecule has 2 aromatic carbocycles. The van der Waals surface area contributed by atoms with Crippen LogP contribution in [-0.4, -0.2) is 20.6 Å². The number of pyridine rings is 1. The van der Waals surface area contributed by atoms with Crippen molar-refractivity contribution in [2.24, 2.45) is 0 Å². The zero-order valence-electron chi connectivity index (χ0n) is 17.1. The van der Waals surface area contributed by atoms with Gasteiger partial charge in [0.25, 0.3) is 0 Å². The Hall–Kier alpha value is -4.27. The second-order valence-electron chi connectivity index (χ2n) is 7.52. The molecule has 3 heterocycles. The third-order valence-electron chi connectivity index (χ3n) is 5.42. The Labute approximate surface area is 186 Å². The number of nitrogens with one attached hydrogen (secondary N) is 3. The molecule has 2 amide bonds. The van der Waals surface area contributed by atoms with Crippen molar-refractivity contribution in [3.8, 4) is 0 Å². The number of rotatable bonds is 4. The molecule has 33 heavy (non-hydrogen) atoms. The zero-order chi connectivity index (χ0) is 23.0. The topological polar surface area (TPSA) is 74.7 Å². The number of carbonyl (C=O) groups excluding carboxylic acids is 1. The average Bonchev–Trinajstić information content (AvgIpc) is 3.39. The Morgan fingerprint density at radius 2 is 1.73 bits per heavy atom. The number of amides is 2. The van der Waals surface area contributed by atoms with E-state index in [2.05, 4.69) is 20.6 Å².